The number of hydrogen-bond acceptors (Lipinski definition) is 7. The summed E-state index contributed by atoms with van der Waals surface area (Å²) in [5.74, 6) is -0.338. The Kier molecular flexibility index (Phi) is 6.49. The van der Waals surface area contributed by atoms with E-state index in [1.165, 1.54) is 18.0 Å². The number of carbonyl (C=O) groups is 2. The maximum absolute atomic E-state index is 12.8. The lowest BCUT2D eigenvalue weighted by Crippen LogP contribution is -2.21. The third-order valence-electron chi connectivity index (χ3n) is 4.50. The largest absolute Gasteiger partial charge is 0.463 e. The second-order valence-electron chi connectivity index (χ2n) is 6.62. The highest BCUT2D eigenvalue weighted by molar-refractivity contribution is 7.99. The first-order valence-electron chi connectivity index (χ1n) is 9.65. The van der Waals surface area contributed by atoms with E-state index in [2.05, 4.69) is 16.4 Å². The lowest BCUT2D eigenvalue weighted by molar-refractivity contribution is -0.119. The molecule has 7 nitrogen and oxygen atoms in total. The molecule has 4 rings (SSSR count). The number of aromatic nitrogens is 1. The van der Waals surface area contributed by atoms with Crippen molar-refractivity contribution in [1.29, 1.82) is 5.26 Å². The van der Waals surface area contributed by atoms with Crippen molar-refractivity contribution in [3.05, 3.63) is 78.6 Å². The summed E-state index contributed by atoms with van der Waals surface area (Å²) >= 11 is 1.31. The number of nitrogens with zero attached hydrogens (tertiary/aromatic N) is 2. The normalized spacial score (nSPS) is 10.5. The standard InChI is InChI=1S/C24H17N3O4S/c25-11-13-32-22-10-4-3-8-19(22)27-23(28)15-31-24(29)17-14-20(21-9-5-12-30-21)26-18-7-2-1-6-16(17)18/h1-10,12,14H,13,15H2,(H,27,28). The molecule has 0 saturated heterocycles. The average Bonchev–Trinajstić information content (AvgIpc) is 3.36. The van der Waals surface area contributed by atoms with Gasteiger partial charge in [-0.2, -0.15) is 5.26 Å². The zero-order valence-electron chi connectivity index (χ0n) is 16.8. The topological polar surface area (TPSA) is 105 Å². The van der Waals surface area contributed by atoms with Crippen molar-refractivity contribution in [3.8, 4) is 17.5 Å². The van der Waals surface area contributed by atoms with Gasteiger partial charge in [-0.05, 0) is 36.4 Å². The Hall–Kier alpha value is -4.09. The number of hydrogen-bond donors (Lipinski definition) is 1. The maximum Gasteiger partial charge on any atom is 0.339 e. The number of ether oxygens (including phenoxy) is 1. The van der Waals surface area contributed by atoms with Crippen LogP contribution in [-0.4, -0.2) is 29.2 Å². The molecule has 2 heterocycles. The molecular formula is C24H17N3O4S. The number of rotatable bonds is 7. The molecule has 0 aliphatic heterocycles. The van der Waals surface area contributed by atoms with Gasteiger partial charge < -0.3 is 14.5 Å². The van der Waals surface area contributed by atoms with Crippen LogP contribution in [0.4, 0.5) is 5.69 Å². The first kappa shape index (κ1) is 21.2. The average molecular weight is 443 g/mol. The van der Waals surface area contributed by atoms with E-state index in [9.17, 15) is 9.59 Å². The van der Waals surface area contributed by atoms with Crippen molar-refractivity contribution in [2.24, 2.45) is 0 Å². The Balaban J connectivity index is 1.50. The van der Waals surface area contributed by atoms with E-state index in [0.29, 0.717) is 33.6 Å². The third-order valence-corrected chi connectivity index (χ3v) is 5.44. The number of nitrogens with one attached hydrogen (secondary N) is 1. The van der Waals surface area contributed by atoms with Crippen LogP contribution in [0, 0.1) is 11.3 Å². The highest BCUT2D eigenvalue weighted by atomic mass is 32.2. The van der Waals surface area contributed by atoms with Crippen LogP contribution in [0.3, 0.4) is 0 Å². The van der Waals surface area contributed by atoms with Crippen molar-refractivity contribution in [2.45, 2.75) is 4.90 Å². The van der Waals surface area contributed by atoms with Crippen LogP contribution in [0.2, 0.25) is 0 Å². The fourth-order valence-corrected chi connectivity index (χ4v) is 3.77. The van der Waals surface area contributed by atoms with Gasteiger partial charge in [0.25, 0.3) is 5.91 Å². The fraction of sp³-hybridized carbons (Fsp3) is 0.0833. The quantitative estimate of drug-likeness (QED) is 0.320. The van der Waals surface area contributed by atoms with Gasteiger partial charge in [-0.15, -0.1) is 11.8 Å². The molecule has 1 N–H and O–H groups in total. The molecule has 0 radical (unpaired) electrons. The molecule has 2 aromatic heterocycles. The molecule has 1 amide bonds. The zero-order chi connectivity index (χ0) is 22.3. The number of furan rings is 1. The summed E-state index contributed by atoms with van der Waals surface area (Å²) in [7, 11) is 0. The van der Waals surface area contributed by atoms with Crippen LogP contribution < -0.4 is 5.32 Å². The van der Waals surface area contributed by atoms with Gasteiger partial charge in [-0.1, -0.05) is 30.3 Å². The number of nitriles is 1. The number of carbonyl (C=O) groups excluding carboxylic acids is 2. The number of fused-ring (bicyclic) bond motifs is 1. The highest BCUT2D eigenvalue weighted by Gasteiger charge is 2.18. The lowest BCUT2D eigenvalue weighted by atomic mass is 10.1. The Bertz CT molecular complexity index is 1310. The molecule has 0 saturated carbocycles. The van der Waals surface area contributed by atoms with E-state index in [1.54, 1.807) is 48.5 Å². The lowest BCUT2D eigenvalue weighted by Gasteiger charge is -2.11. The summed E-state index contributed by atoms with van der Waals surface area (Å²) in [6.45, 7) is -0.456. The Morgan fingerprint density at radius 3 is 2.72 bits per heavy atom. The van der Waals surface area contributed by atoms with Crippen LogP contribution in [0.1, 0.15) is 10.4 Å². The molecule has 0 bridgehead atoms. The molecule has 0 spiro atoms. The van der Waals surface area contributed by atoms with Crippen LogP contribution in [-0.2, 0) is 9.53 Å². The van der Waals surface area contributed by atoms with E-state index in [4.69, 9.17) is 14.4 Å². The monoisotopic (exact) mass is 443 g/mol. The summed E-state index contributed by atoms with van der Waals surface area (Å²) in [5, 5.41) is 12.1. The first-order chi connectivity index (χ1) is 15.7. The third kappa shape index (κ3) is 4.79. The zero-order valence-corrected chi connectivity index (χ0v) is 17.6. The predicted octanol–water partition coefficient (Wildman–Crippen LogP) is 4.91. The van der Waals surface area contributed by atoms with Crippen molar-refractivity contribution in [3.63, 3.8) is 0 Å². The summed E-state index contributed by atoms with van der Waals surface area (Å²) in [5.41, 5.74) is 1.96. The van der Waals surface area contributed by atoms with Gasteiger partial charge in [-0.25, -0.2) is 9.78 Å². The number of esters is 1. The fourth-order valence-electron chi connectivity index (χ4n) is 3.10. The molecule has 0 aliphatic rings. The smallest absolute Gasteiger partial charge is 0.339 e. The SMILES string of the molecule is N#CCSc1ccccc1NC(=O)COC(=O)c1cc(-c2ccco2)nc2ccccc12. The van der Waals surface area contributed by atoms with E-state index in [0.717, 1.165) is 4.90 Å². The van der Waals surface area contributed by atoms with Gasteiger partial charge >= 0.3 is 5.97 Å². The molecule has 0 unspecified atom stereocenters. The molecule has 4 aromatic rings. The van der Waals surface area contributed by atoms with Gasteiger partial charge in [0, 0.05) is 10.3 Å². The van der Waals surface area contributed by atoms with Crippen LogP contribution in [0.25, 0.3) is 22.4 Å². The number of amides is 1. The summed E-state index contributed by atoms with van der Waals surface area (Å²) in [6.07, 6.45) is 1.53. The minimum Gasteiger partial charge on any atom is -0.463 e. The molecule has 158 valence electrons. The predicted molar refractivity (Wildman–Crippen MR) is 121 cm³/mol. The highest BCUT2D eigenvalue weighted by Crippen LogP contribution is 2.27. The van der Waals surface area contributed by atoms with Crippen LogP contribution in [0.15, 0.2) is 82.3 Å². The number of para-hydroxylation sites is 2. The maximum atomic E-state index is 12.8. The van der Waals surface area contributed by atoms with E-state index in [1.807, 2.05) is 18.2 Å². The summed E-state index contributed by atoms with van der Waals surface area (Å²) < 4.78 is 10.7. The molecular weight excluding hydrogens is 426 g/mol. The summed E-state index contributed by atoms with van der Waals surface area (Å²) in [6, 6.07) is 21.5. The molecule has 0 fully saturated rings. The number of thioether (sulfide) groups is 1. The molecule has 0 aliphatic carbocycles. The van der Waals surface area contributed by atoms with Gasteiger partial charge in [0.2, 0.25) is 0 Å². The Morgan fingerprint density at radius 1 is 1.09 bits per heavy atom. The molecule has 0 atom stereocenters. The van der Waals surface area contributed by atoms with Gasteiger partial charge in [0.15, 0.2) is 12.4 Å². The van der Waals surface area contributed by atoms with Gasteiger partial charge in [-0.3, -0.25) is 4.79 Å². The van der Waals surface area contributed by atoms with Crippen molar-refractivity contribution >= 4 is 40.2 Å². The Morgan fingerprint density at radius 2 is 1.91 bits per heavy atom. The number of pyridine rings is 1. The van der Waals surface area contributed by atoms with Crippen molar-refractivity contribution in [2.75, 3.05) is 17.7 Å². The molecule has 32 heavy (non-hydrogen) atoms. The van der Waals surface area contributed by atoms with Crippen molar-refractivity contribution < 1.29 is 18.7 Å². The van der Waals surface area contributed by atoms with Crippen LogP contribution >= 0.6 is 11.8 Å². The molecule has 8 heteroatoms. The summed E-state index contributed by atoms with van der Waals surface area (Å²) in [4.78, 5) is 30.5. The second kappa shape index (κ2) is 9.81. The van der Waals surface area contributed by atoms with E-state index < -0.39 is 18.5 Å². The van der Waals surface area contributed by atoms with E-state index >= 15 is 0 Å². The van der Waals surface area contributed by atoms with Gasteiger partial charge in [0.1, 0.15) is 5.69 Å². The minimum absolute atomic E-state index is 0.259. The van der Waals surface area contributed by atoms with Crippen LogP contribution in [0.5, 0.6) is 0 Å². The number of benzene rings is 2. The number of anilines is 1. The Labute approximate surface area is 188 Å². The minimum atomic E-state index is -0.640. The molecule has 2 aromatic carbocycles. The van der Waals surface area contributed by atoms with E-state index in [-0.39, 0.29) is 5.75 Å². The van der Waals surface area contributed by atoms with Crippen molar-refractivity contribution in [1.82, 2.24) is 4.98 Å². The van der Waals surface area contributed by atoms with Gasteiger partial charge in [0.05, 0.1) is 34.9 Å². The second-order valence-corrected chi connectivity index (χ2v) is 7.63. The first-order valence-corrected chi connectivity index (χ1v) is 10.6.